The van der Waals surface area contributed by atoms with Crippen LogP contribution in [0.25, 0.3) is 0 Å². The van der Waals surface area contributed by atoms with Gasteiger partial charge in [-0.2, -0.15) is 16.1 Å². The van der Waals surface area contributed by atoms with E-state index >= 15 is 0 Å². The van der Waals surface area contributed by atoms with Gasteiger partial charge in [0.25, 0.3) is 0 Å². The number of carbonyl (C=O) groups excluding carboxylic acids is 1. The Labute approximate surface area is 182 Å². The maximum absolute atomic E-state index is 13.6. The first kappa shape index (κ1) is 22.1. The molecule has 0 aromatic carbocycles. The normalized spacial score (nSPS) is 28.1. The van der Waals surface area contributed by atoms with Crippen LogP contribution < -0.4 is 0 Å². The lowest BCUT2D eigenvalue weighted by Crippen LogP contribution is -2.51. The summed E-state index contributed by atoms with van der Waals surface area (Å²) in [6.07, 6.45) is 4.52. The van der Waals surface area contributed by atoms with E-state index < -0.39 is 10.0 Å². The summed E-state index contributed by atoms with van der Waals surface area (Å²) in [6.45, 7) is 5.27. The van der Waals surface area contributed by atoms with Crippen molar-refractivity contribution in [2.45, 2.75) is 63.0 Å². The average Bonchev–Trinajstić information content (AvgIpc) is 3.49. The van der Waals surface area contributed by atoms with E-state index in [4.69, 9.17) is 9.26 Å². The molecule has 3 aliphatic heterocycles. The number of sulfonamides is 1. The molecule has 10 heteroatoms. The van der Waals surface area contributed by atoms with Crippen LogP contribution in [0.15, 0.2) is 9.42 Å². The van der Waals surface area contributed by atoms with Gasteiger partial charge >= 0.3 is 0 Å². The molecule has 3 unspecified atom stereocenters. The lowest BCUT2D eigenvalue weighted by atomic mass is 9.96. The van der Waals surface area contributed by atoms with E-state index in [-0.39, 0.29) is 35.4 Å². The van der Waals surface area contributed by atoms with Crippen molar-refractivity contribution in [1.82, 2.24) is 14.4 Å². The number of piperidine rings is 1. The molecule has 0 radical (unpaired) electrons. The maximum Gasteiger partial charge on any atom is 0.248 e. The Hall–Kier alpha value is -1.10. The highest BCUT2D eigenvalue weighted by Gasteiger charge is 2.40. The van der Waals surface area contributed by atoms with Gasteiger partial charge in [0.2, 0.25) is 15.9 Å². The fourth-order valence-corrected chi connectivity index (χ4v) is 7.80. The molecule has 0 spiro atoms. The van der Waals surface area contributed by atoms with Crippen molar-refractivity contribution in [2.24, 2.45) is 5.92 Å². The number of aromatic nitrogens is 1. The second-order valence-corrected chi connectivity index (χ2v) is 11.5. The van der Waals surface area contributed by atoms with Crippen molar-refractivity contribution in [3.63, 3.8) is 0 Å². The minimum atomic E-state index is -3.74. The lowest BCUT2D eigenvalue weighted by molar-refractivity contribution is -0.140. The molecule has 3 fully saturated rings. The van der Waals surface area contributed by atoms with E-state index in [9.17, 15) is 13.2 Å². The topological polar surface area (TPSA) is 93.0 Å². The highest BCUT2D eigenvalue weighted by molar-refractivity contribution is 7.99. The number of amides is 1. The molecule has 1 amide bonds. The van der Waals surface area contributed by atoms with Crippen LogP contribution in [-0.4, -0.2) is 78.6 Å². The zero-order valence-electron chi connectivity index (χ0n) is 17.7. The Morgan fingerprint density at radius 1 is 1.27 bits per heavy atom. The molecule has 1 aromatic heterocycles. The van der Waals surface area contributed by atoms with Gasteiger partial charge in [-0.25, -0.2) is 8.42 Å². The van der Waals surface area contributed by atoms with E-state index in [0.717, 1.165) is 37.4 Å². The van der Waals surface area contributed by atoms with Crippen molar-refractivity contribution in [3.05, 3.63) is 11.5 Å². The molecule has 0 saturated carbocycles. The molecule has 3 atom stereocenters. The summed E-state index contributed by atoms with van der Waals surface area (Å²) in [7, 11) is -3.74. The maximum atomic E-state index is 13.6. The van der Waals surface area contributed by atoms with Crippen LogP contribution in [0, 0.1) is 19.8 Å². The van der Waals surface area contributed by atoms with Gasteiger partial charge in [0.05, 0.1) is 12.0 Å². The van der Waals surface area contributed by atoms with Crippen molar-refractivity contribution < 1.29 is 22.5 Å². The van der Waals surface area contributed by atoms with Crippen LogP contribution in [-0.2, 0) is 19.6 Å². The molecule has 3 saturated heterocycles. The third kappa shape index (κ3) is 4.42. The first-order chi connectivity index (χ1) is 14.4. The highest BCUT2D eigenvalue weighted by atomic mass is 32.2. The summed E-state index contributed by atoms with van der Waals surface area (Å²) < 4.78 is 38.8. The summed E-state index contributed by atoms with van der Waals surface area (Å²) in [6, 6.07) is 0.223. The number of carbonyl (C=O) groups is 1. The quantitative estimate of drug-likeness (QED) is 0.646. The number of aryl methyl sites for hydroxylation is 2. The Morgan fingerprint density at radius 3 is 2.73 bits per heavy atom. The molecule has 4 heterocycles. The minimum absolute atomic E-state index is 0.0802. The fraction of sp³-hybridized carbons (Fsp3) is 0.800. The first-order valence-electron chi connectivity index (χ1n) is 10.8. The Bertz CT molecular complexity index is 840. The standard InChI is InChI=1S/C20H31N3O5S2/c1-14-19(15(2)28-21-14)30(25,26)22-8-3-5-16(11-22)20(24)23(17-7-10-29-13-17)12-18-6-4-9-27-18/h16-18H,3-13H2,1-2H3. The van der Waals surface area contributed by atoms with Crippen LogP contribution in [0.2, 0.25) is 0 Å². The molecule has 1 aromatic rings. The number of rotatable bonds is 6. The van der Waals surface area contributed by atoms with Crippen molar-refractivity contribution in [3.8, 4) is 0 Å². The number of ether oxygens (including phenoxy) is 1. The first-order valence-corrected chi connectivity index (χ1v) is 13.4. The van der Waals surface area contributed by atoms with Crippen LogP contribution in [0.3, 0.4) is 0 Å². The lowest BCUT2D eigenvalue weighted by Gasteiger charge is -2.37. The van der Waals surface area contributed by atoms with E-state index in [2.05, 4.69) is 5.16 Å². The van der Waals surface area contributed by atoms with E-state index in [0.29, 0.717) is 37.4 Å². The van der Waals surface area contributed by atoms with Gasteiger partial charge < -0.3 is 14.2 Å². The van der Waals surface area contributed by atoms with Gasteiger partial charge in [-0.05, 0) is 51.7 Å². The van der Waals surface area contributed by atoms with Crippen LogP contribution in [0.4, 0.5) is 0 Å². The van der Waals surface area contributed by atoms with E-state index in [1.54, 1.807) is 13.8 Å². The number of thioether (sulfide) groups is 1. The van der Waals surface area contributed by atoms with E-state index in [1.165, 1.54) is 4.31 Å². The fourth-order valence-electron chi connectivity index (χ4n) is 4.76. The molecule has 0 bridgehead atoms. The predicted octanol–water partition coefficient (Wildman–Crippen LogP) is 2.21. The zero-order valence-corrected chi connectivity index (χ0v) is 19.3. The summed E-state index contributed by atoms with van der Waals surface area (Å²) in [4.78, 5) is 15.7. The third-order valence-corrected chi connectivity index (χ3v) is 9.61. The number of hydrogen-bond acceptors (Lipinski definition) is 7. The summed E-state index contributed by atoms with van der Waals surface area (Å²) in [5.74, 6) is 2.07. The molecule has 0 aliphatic carbocycles. The Morgan fingerprint density at radius 2 is 2.10 bits per heavy atom. The highest BCUT2D eigenvalue weighted by Crippen LogP contribution is 2.31. The largest absolute Gasteiger partial charge is 0.376 e. The predicted molar refractivity (Wildman–Crippen MR) is 114 cm³/mol. The van der Waals surface area contributed by atoms with Gasteiger partial charge in [-0.1, -0.05) is 5.16 Å². The molecule has 168 valence electrons. The summed E-state index contributed by atoms with van der Waals surface area (Å²) in [5.41, 5.74) is 0.365. The molecule has 0 N–H and O–H groups in total. The average molecular weight is 458 g/mol. The van der Waals surface area contributed by atoms with Gasteiger partial charge in [-0.3, -0.25) is 4.79 Å². The summed E-state index contributed by atoms with van der Waals surface area (Å²) >= 11 is 1.88. The SMILES string of the molecule is Cc1noc(C)c1S(=O)(=O)N1CCCC(C(=O)N(CC2CCCO2)C2CCSC2)C1. The molecule has 4 rings (SSSR count). The molecule has 3 aliphatic rings. The van der Waals surface area contributed by atoms with Crippen molar-refractivity contribution in [2.75, 3.05) is 37.7 Å². The van der Waals surface area contributed by atoms with Gasteiger partial charge in [0.15, 0.2) is 5.76 Å². The molecular weight excluding hydrogens is 426 g/mol. The van der Waals surface area contributed by atoms with Crippen LogP contribution in [0.5, 0.6) is 0 Å². The number of hydrogen-bond donors (Lipinski definition) is 0. The molecular formula is C20H31N3O5S2. The van der Waals surface area contributed by atoms with Crippen molar-refractivity contribution in [1.29, 1.82) is 0 Å². The second kappa shape index (κ2) is 9.18. The van der Waals surface area contributed by atoms with Crippen LogP contribution >= 0.6 is 11.8 Å². The third-order valence-electron chi connectivity index (χ3n) is 6.35. The molecule has 8 nitrogen and oxygen atoms in total. The monoisotopic (exact) mass is 457 g/mol. The van der Waals surface area contributed by atoms with Crippen molar-refractivity contribution >= 4 is 27.7 Å². The van der Waals surface area contributed by atoms with E-state index in [1.807, 2.05) is 16.7 Å². The Balaban J connectivity index is 1.51. The second-order valence-electron chi connectivity index (χ2n) is 8.50. The smallest absolute Gasteiger partial charge is 0.248 e. The van der Waals surface area contributed by atoms with Gasteiger partial charge in [-0.15, -0.1) is 0 Å². The van der Waals surface area contributed by atoms with Gasteiger partial charge in [0, 0.05) is 38.0 Å². The molecule has 30 heavy (non-hydrogen) atoms. The zero-order chi connectivity index (χ0) is 21.3. The Kier molecular flexibility index (Phi) is 6.76. The van der Waals surface area contributed by atoms with Crippen LogP contribution in [0.1, 0.15) is 43.6 Å². The summed E-state index contributed by atoms with van der Waals surface area (Å²) in [5, 5.41) is 3.80. The number of nitrogens with zero attached hydrogens (tertiary/aromatic N) is 3. The minimum Gasteiger partial charge on any atom is -0.376 e. The van der Waals surface area contributed by atoms with Gasteiger partial charge in [0.1, 0.15) is 10.6 Å².